The molecule has 0 aliphatic rings. The maximum Gasteiger partial charge on any atom is 0.126 e. The minimum atomic E-state index is 0.167. The lowest BCUT2D eigenvalue weighted by atomic mass is 10.6. The highest BCUT2D eigenvalue weighted by Gasteiger charge is 1.62. The molecule has 0 unspecified atom stereocenters. The predicted octanol–water partition coefficient (Wildman–Crippen LogP) is 2.22. The van der Waals surface area contributed by atoms with Crippen LogP contribution in [-0.2, 0) is 9.59 Å². The second-order valence-electron chi connectivity index (χ2n) is 1.82. The molecule has 62 valence electrons. The van der Waals surface area contributed by atoms with E-state index in [0.717, 1.165) is 0 Å². The smallest absolute Gasteiger partial charge is 0.126 e. The molecule has 2 nitrogen and oxygen atoms in total. The second kappa shape index (κ2) is 15.8. The van der Waals surface area contributed by atoms with E-state index >= 15 is 0 Å². The Morgan fingerprint density at radius 2 is 0.700 bits per heavy atom. The summed E-state index contributed by atoms with van der Waals surface area (Å²) in [6.07, 6.45) is 0. The van der Waals surface area contributed by atoms with Crippen molar-refractivity contribution in [2.75, 3.05) is 0 Å². The summed E-state index contributed by atoms with van der Waals surface area (Å²) in [5, 5.41) is 0. The highest BCUT2D eigenvalue weighted by Crippen LogP contribution is 1.50. The summed E-state index contributed by atoms with van der Waals surface area (Å²) in [5.41, 5.74) is 0. The Morgan fingerprint density at radius 3 is 0.700 bits per heavy atom. The zero-order valence-electron chi connectivity index (χ0n) is 7.82. The van der Waals surface area contributed by atoms with Gasteiger partial charge in [0.05, 0.1) is 0 Å². The normalized spacial score (nSPS) is 5.80. The maximum absolute atomic E-state index is 9.44. The highest BCUT2D eigenvalue weighted by molar-refractivity contribution is 5.72. The third-order valence-corrected chi connectivity index (χ3v) is 0. The van der Waals surface area contributed by atoms with E-state index in [4.69, 9.17) is 0 Å². The lowest BCUT2D eigenvalue weighted by Gasteiger charge is -1.56. The maximum atomic E-state index is 9.44. The largest absolute Gasteiger partial charge is 0.300 e. The molecule has 10 heavy (non-hydrogen) atoms. The fourth-order valence-corrected chi connectivity index (χ4v) is 0. The topological polar surface area (TPSA) is 34.1 Å². The molecule has 0 amide bonds. The van der Waals surface area contributed by atoms with Crippen LogP contribution in [0.5, 0.6) is 0 Å². The van der Waals surface area contributed by atoms with Crippen molar-refractivity contribution in [1.29, 1.82) is 0 Å². The third kappa shape index (κ3) is 677. The van der Waals surface area contributed by atoms with Crippen molar-refractivity contribution in [2.24, 2.45) is 0 Å². The minimum absolute atomic E-state index is 0.167. The van der Waals surface area contributed by atoms with Gasteiger partial charge < -0.3 is 9.59 Å². The lowest BCUT2D eigenvalue weighted by Crippen LogP contribution is -1.69. The number of hydrogen-bond donors (Lipinski definition) is 0. The van der Waals surface area contributed by atoms with Crippen molar-refractivity contribution in [1.82, 2.24) is 0 Å². The molecule has 0 saturated heterocycles. The van der Waals surface area contributed by atoms with E-state index in [-0.39, 0.29) is 11.6 Å². The van der Waals surface area contributed by atoms with Crippen molar-refractivity contribution >= 4 is 11.6 Å². The summed E-state index contributed by atoms with van der Waals surface area (Å²) < 4.78 is 0. The number of Topliss-reactive ketones (excluding diaryl/α,β-unsaturated/α-hetero) is 2. The Morgan fingerprint density at radius 1 is 0.700 bits per heavy atom. The van der Waals surface area contributed by atoms with Gasteiger partial charge in [-0.15, -0.1) is 0 Å². The summed E-state index contributed by atoms with van der Waals surface area (Å²) >= 11 is 0. The molecule has 0 aromatic heterocycles. The van der Waals surface area contributed by atoms with E-state index in [1.807, 2.05) is 13.8 Å². The van der Waals surface area contributed by atoms with Crippen LogP contribution in [0, 0.1) is 0 Å². The zero-order chi connectivity index (χ0) is 9.15. The molecule has 0 fully saturated rings. The SMILES string of the molecule is CC.CC(C)=O.CC(C)=O. The van der Waals surface area contributed by atoms with Gasteiger partial charge in [-0.2, -0.15) is 0 Å². The number of carbonyl (C=O) groups excluding carboxylic acids is 2. The quantitative estimate of drug-likeness (QED) is 0.525. The molecule has 0 aliphatic heterocycles. The van der Waals surface area contributed by atoms with Gasteiger partial charge in [0.1, 0.15) is 11.6 Å². The Balaban J connectivity index is -0.0000000787. The van der Waals surface area contributed by atoms with E-state index < -0.39 is 0 Å². The Labute approximate surface area is 63.6 Å². The van der Waals surface area contributed by atoms with E-state index in [0.29, 0.717) is 0 Å². The van der Waals surface area contributed by atoms with Gasteiger partial charge in [-0.1, -0.05) is 13.8 Å². The van der Waals surface area contributed by atoms with Crippen LogP contribution in [0.1, 0.15) is 41.5 Å². The van der Waals surface area contributed by atoms with Crippen molar-refractivity contribution in [3.8, 4) is 0 Å². The summed E-state index contributed by atoms with van der Waals surface area (Å²) in [4.78, 5) is 18.9. The molecule has 0 saturated carbocycles. The van der Waals surface area contributed by atoms with Crippen LogP contribution in [0.15, 0.2) is 0 Å². The average molecular weight is 146 g/mol. The molecule has 0 atom stereocenters. The molecule has 0 spiro atoms. The van der Waals surface area contributed by atoms with Gasteiger partial charge in [0.15, 0.2) is 0 Å². The van der Waals surface area contributed by atoms with E-state index in [2.05, 4.69) is 0 Å². The molecular weight excluding hydrogens is 128 g/mol. The molecule has 0 aromatic rings. The lowest BCUT2D eigenvalue weighted by molar-refractivity contribution is -0.115. The molecule has 0 radical (unpaired) electrons. The zero-order valence-corrected chi connectivity index (χ0v) is 7.82. The average Bonchev–Trinajstić information content (AvgIpc) is 1.66. The molecule has 0 aliphatic carbocycles. The van der Waals surface area contributed by atoms with Gasteiger partial charge in [0.25, 0.3) is 0 Å². The Hall–Kier alpha value is -0.660. The van der Waals surface area contributed by atoms with Crippen LogP contribution in [0.2, 0.25) is 0 Å². The second-order valence-corrected chi connectivity index (χ2v) is 1.82. The van der Waals surface area contributed by atoms with Crippen LogP contribution in [0.3, 0.4) is 0 Å². The first-order valence-electron chi connectivity index (χ1n) is 3.41. The molecule has 0 bridgehead atoms. The van der Waals surface area contributed by atoms with Crippen LogP contribution in [0.4, 0.5) is 0 Å². The van der Waals surface area contributed by atoms with Crippen molar-refractivity contribution in [3.63, 3.8) is 0 Å². The van der Waals surface area contributed by atoms with Gasteiger partial charge in [0.2, 0.25) is 0 Å². The minimum Gasteiger partial charge on any atom is -0.300 e. The molecule has 0 rings (SSSR count). The van der Waals surface area contributed by atoms with Gasteiger partial charge >= 0.3 is 0 Å². The van der Waals surface area contributed by atoms with Crippen LogP contribution in [-0.4, -0.2) is 11.6 Å². The Kier molecular flexibility index (Phi) is 25.5. The van der Waals surface area contributed by atoms with Crippen LogP contribution >= 0.6 is 0 Å². The van der Waals surface area contributed by atoms with E-state index in [1.165, 1.54) is 27.7 Å². The molecule has 2 heteroatoms. The van der Waals surface area contributed by atoms with Crippen LogP contribution < -0.4 is 0 Å². The Bertz CT molecular complexity index is 65.3. The predicted molar refractivity (Wildman–Crippen MR) is 44.1 cm³/mol. The first kappa shape index (κ1) is 16.2. The van der Waals surface area contributed by atoms with E-state index in [9.17, 15) is 9.59 Å². The van der Waals surface area contributed by atoms with Gasteiger partial charge in [-0.25, -0.2) is 0 Å². The van der Waals surface area contributed by atoms with Crippen molar-refractivity contribution in [3.05, 3.63) is 0 Å². The van der Waals surface area contributed by atoms with Gasteiger partial charge in [-0.05, 0) is 27.7 Å². The molecule has 0 N–H and O–H groups in total. The first-order chi connectivity index (χ1) is 4.46. The van der Waals surface area contributed by atoms with Crippen molar-refractivity contribution < 1.29 is 9.59 Å². The first-order valence-corrected chi connectivity index (χ1v) is 3.41. The molecular formula is C8H18O2. The number of hydrogen-bond acceptors (Lipinski definition) is 2. The van der Waals surface area contributed by atoms with E-state index in [1.54, 1.807) is 0 Å². The third-order valence-electron chi connectivity index (χ3n) is 0. The van der Waals surface area contributed by atoms with Gasteiger partial charge in [0, 0.05) is 0 Å². The molecule has 0 heterocycles. The highest BCUT2D eigenvalue weighted by atomic mass is 16.1. The van der Waals surface area contributed by atoms with Crippen molar-refractivity contribution in [2.45, 2.75) is 41.5 Å². The molecule has 0 aromatic carbocycles. The van der Waals surface area contributed by atoms with Crippen LogP contribution in [0.25, 0.3) is 0 Å². The summed E-state index contributed by atoms with van der Waals surface area (Å²) in [5.74, 6) is 0.333. The fraction of sp³-hybridized carbons (Fsp3) is 0.750. The number of rotatable bonds is 0. The summed E-state index contributed by atoms with van der Waals surface area (Å²) in [6.45, 7) is 10.1. The standard InChI is InChI=1S/2C3H6O.C2H6/c2*1-3(2)4;1-2/h2*1-2H3;1-2H3. The number of carbonyl (C=O) groups is 2. The summed E-state index contributed by atoms with van der Waals surface area (Å²) in [7, 11) is 0. The number of ketones is 2. The summed E-state index contributed by atoms with van der Waals surface area (Å²) in [6, 6.07) is 0. The fourth-order valence-electron chi connectivity index (χ4n) is 0. The van der Waals surface area contributed by atoms with Gasteiger partial charge in [-0.3, -0.25) is 0 Å². The monoisotopic (exact) mass is 146 g/mol.